The van der Waals surface area contributed by atoms with Crippen LogP contribution in [0.3, 0.4) is 0 Å². The highest BCUT2D eigenvalue weighted by Gasteiger charge is 2.15. The van der Waals surface area contributed by atoms with Crippen molar-refractivity contribution in [3.8, 4) is 17.2 Å². The van der Waals surface area contributed by atoms with Crippen LogP contribution in [0.2, 0.25) is 0 Å². The molecule has 2 rings (SSSR count). The molecule has 1 aromatic carbocycles. The maximum absolute atomic E-state index is 12.2. The Balaban J connectivity index is 2.10. The van der Waals surface area contributed by atoms with Crippen LogP contribution in [0, 0.1) is 13.8 Å². The standard InChI is InChI=1S/C17H24N4O4/c1-10-13(11(2)21(3)20-10)9-18-17(22)19-12-7-14(23-4)16(25-6)15(8-12)24-5/h7-8H,9H2,1-6H3,(H2,18,19,22). The van der Waals surface area contributed by atoms with Crippen molar-refractivity contribution < 1.29 is 19.0 Å². The number of amides is 2. The maximum Gasteiger partial charge on any atom is 0.319 e. The first-order valence-corrected chi connectivity index (χ1v) is 7.75. The predicted molar refractivity (Wildman–Crippen MR) is 94.6 cm³/mol. The fourth-order valence-electron chi connectivity index (χ4n) is 2.57. The Morgan fingerprint density at radius 1 is 1.12 bits per heavy atom. The average Bonchev–Trinajstić information content (AvgIpc) is 2.84. The molecule has 2 aromatic rings. The second-order valence-electron chi connectivity index (χ2n) is 5.49. The van der Waals surface area contributed by atoms with Gasteiger partial charge in [-0.15, -0.1) is 0 Å². The van der Waals surface area contributed by atoms with Crippen LogP contribution in [0.4, 0.5) is 10.5 Å². The molecule has 136 valence electrons. The van der Waals surface area contributed by atoms with Crippen molar-refractivity contribution in [2.24, 2.45) is 7.05 Å². The number of benzene rings is 1. The van der Waals surface area contributed by atoms with Crippen LogP contribution in [0.25, 0.3) is 0 Å². The molecule has 0 unspecified atom stereocenters. The summed E-state index contributed by atoms with van der Waals surface area (Å²) in [6, 6.07) is 3.00. The first-order valence-electron chi connectivity index (χ1n) is 7.75. The SMILES string of the molecule is COc1cc(NC(=O)NCc2c(C)nn(C)c2C)cc(OC)c1OC. The topological polar surface area (TPSA) is 86.6 Å². The summed E-state index contributed by atoms with van der Waals surface area (Å²) < 4.78 is 17.6. The van der Waals surface area contributed by atoms with E-state index in [1.54, 1.807) is 16.8 Å². The van der Waals surface area contributed by atoms with Gasteiger partial charge in [0.2, 0.25) is 5.75 Å². The van der Waals surface area contributed by atoms with Gasteiger partial charge in [0.25, 0.3) is 0 Å². The zero-order chi connectivity index (χ0) is 18.6. The van der Waals surface area contributed by atoms with Crippen molar-refractivity contribution >= 4 is 11.7 Å². The Morgan fingerprint density at radius 3 is 2.16 bits per heavy atom. The summed E-state index contributed by atoms with van der Waals surface area (Å²) in [5, 5.41) is 9.93. The summed E-state index contributed by atoms with van der Waals surface area (Å²) in [4.78, 5) is 12.2. The summed E-state index contributed by atoms with van der Waals surface area (Å²) >= 11 is 0. The number of aromatic nitrogens is 2. The van der Waals surface area contributed by atoms with Crippen LogP contribution in [-0.2, 0) is 13.6 Å². The lowest BCUT2D eigenvalue weighted by molar-refractivity contribution is 0.251. The van der Waals surface area contributed by atoms with Crippen LogP contribution in [0.5, 0.6) is 17.2 Å². The predicted octanol–water partition coefficient (Wildman–Crippen LogP) is 2.38. The summed E-state index contributed by atoms with van der Waals surface area (Å²) in [5.41, 5.74) is 3.45. The largest absolute Gasteiger partial charge is 0.493 e. The van der Waals surface area contributed by atoms with Crippen molar-refractivity contribution in [1.29, 1.82) is 0 Å². The van der Waals surface area contributed by atoms with E-state index in [4.69, 9.17) is 14.2 Å². The molecular weight excluding hydrogens is 324 g/mol. The molecule has 0 atom stereocenters. The third-order valence-electron chi connectivity index (χ3n) is 4.01. The first kappa shape index (κ1) is 18.4. The minimum absolute atomic E-state index is 0.336. The Labute approximate surface area is 147 Å². The molecule has 0 radical (unpaired) electrons. The van der Waals surface area contributed by atoms with E-state index in [9.17, 15) is 4.79 Å². The third kappa shape index (κ3) is 3.96. The molecule has 0 fully saturated rings. The number of nitrogens with one attached hydrogen (secondary N) is 2. The number of anilines is 1. The molecule has 0 saturated heterocycles. The maximum atomic E-state index is 12.2. The van der Waals surface area contributed by atoms with Gasteiger partial charge in [0.15, 0.2) is 11.5 Å². The van der Waals surface area contributed by atoms with Crippen molar-refractivity contribution in [3.63, 3.8) is 0 Å². The van der Waals surface area contributed by atoms with E-state index in [2.05, 4.69) is 15.7 Å². The molecule has 1 heterocycles. The van der Waals surface area contributed by atoms with Gasteiger partial charge in [-0.2, -0.15) is 5.10 Å². The lowest BCUT2D eigenvalue weighted by Crippen LogP contribution is -2.28. The van der Waals surface area contributed by atoms with Gasteiger partial charge in [0, 0.05) is 37.0 Å². The normalized spacial score (nSPS) is 10.3. The number of hydrogen-bond acceptors (Lipinski definition) is 5. The van der Waals surface area contributed by atoms with Gasteiger partial charge in [0.05, 0.1) is 32.7 Å². The summed E-state index contributed by atoms with van der Waals surface area (Å²) in [7, 11) is 6.45. The van der Waals surface area contributed by atoms with E-state index in [1.807, 2.05) is 20.9 Å². The van der Waals surface area contributed by atoms with Crippen molar-refractivity contribution in [2.75, 3.05) is 26.6 Å². The fourth-order valence-corrected chi connectivity index (χ4v) is 2.57. The monoisotopic (exact) mass is 348 g/mol. The van der Waals surface area contributed by atoms with Gasteiger partial charge in [-0.05, 0) is 13.8 Å². The smallest absolute Gasteiger partial charge is 0.319 e. The molecule has 0 bridgehead atoms. The minimum atomic E-state index is -0.336. The molecule has 0 aliphatic rings. The number of carbonyl (C=O) groups excluding carboxylic acids is 1. The number of hydrogen-bond donors (Lipinski definition) is 2. The highest BCUT2D eigenvalue weighted by Crippen LogP contribution is 2.39. The van der Waals surface area contributed by atoms with Gasteiger partial charge in [-0.25, -0.2) is 4.79 Å². The second kappa shape index (κ2) is 7.78. The quantitative estimate of drug-likeness (QED) is 0.837. The Hall–Kier alpha value is -2.90. The molecule has 0 aliphatic carbocycles. The number of nitrogens with zero attached hydrogens (tertiary/aromatic N) is 2. The number of rotatable bonds is 6. The Morgan fingerprint density at radius 2 is 1.72 bits per heavy atom. The van der Waals surface area contributed by atoms with Crippen molar-refractivity contribution in [1.82, 2.24) is 15.1 Å². The van der Waals surface area contributed by atoms with E-state index in [0.29, 0.717) is 29.5 Å². The number of carbonyl (C=O) groups is 1. The minimum Gasteiger partial charge on any atom is -0.493 e. The van der Waals surface area contributed by atoms with E-state index >= 15 is 0 Å². The molecular formula is C17H24N4O4. The molecule has 2 N–H and O–H groups in total. The van der Waals surface area contributed by atoms with E-state index in [0.717, 1.165) is 17.0 Å². The highest BCUT2D eigenvalue weighted by molar-refractivity contribution is 5.90. The summed E-state index contributed by atoms with van der Waals surface area (Å²) in [5.74, 6) is 1.41. The second-order valence-corrected chi connectivity index (χ2v) is 5.49. The fraction of sp³-hybridized carbons (Fsp3) is 0.412. The zero-order valence-corrected chi connectivity index (χ0v) is 15.4. The molecule has 1 aromatic heterocycles. The molecule has 2 amide bonds. The van der Waals surface area contributed by atoms with Gasteiger partial charge in [-0.1, -0.05) is 0 Å². The van der Waals surface area contributed by atoms with Crippen LogP contribution >= 0.6 is 0 Å². The third-order valence-corrected chi connectivity index (χ3v) is 4.01. The Bertz CT molecular complexity index is 745. The number of methoxy groups -OCH3 is 3. The van der Waals surface area contributed by atoms with Crippen LogP contribution < -0.4 is 24.8 Å². The van der Waals surface area contributed by atoms with Gasteiger partial charge >= 0.3 is 6.03 Å². The highest BCUT2D eigenvalue weighted by atomic mass is 16.5. The van der Waals surface area contributed by atoms with Gasteiger partial charge in [-0.3, -0.25) is 4.68 Å². The first-order chi connectivity index (χ1) is 11.9. The molecule has 0 aliphatic heterocycles. The van der Waals surface area contributed by atoms with Crippen molar-refractivity contribution in [2.45, 2.75) is 20.4 Å². The molecule has 0 spiro atoms. The molecule has 25 heavy (non-hydrogen) atoms. The number of aryl methyl sites for hydroxylation is 2. The average molecular weight is 348 g/mol. The molecule has 0 saturated carbocycles. The van der Waals surface area contributed by atoms with Crippen molar-refractivity contribution in [3.05, 3.63) is 29.1 Å². The van der Waals surface area contributed by atoms with Gasteiger partial charge < -0.3 is 24.8 Å². The van der Waals surface area contributed by atoms with Crippen LogP contribution in [-0.4, -0.2) is 37.1 Å². The molecule has 8 heteroatoms. The van der Waals surface area contributed by atoms with Gasteiger partial charge in [0.1, 0.15) is 0 Å². The lowest BCUT2D eigenvalue weighted by Gasteiger charge is -2.15. The van der Waals surface area contributed by atoms with E-state index < -0.39 is 0 Å². The van der Waals surface area contributed by atoms with E-state index in [-0.39, 0.29) is 6.03 Å². The summed E-state index contributed by atoms with van der Waals surface area (Å²) in [6.07, 6.45) is 0. The number of urea groups is 1. The summed E-state index contributed by atoms with van der Waals surface area (Å²) in [6.45, 7) is 4.27. The van der Waals surface area contributed by atoms with Crippen LogP contribution in [0.1, 0.15) is 17.0 Å². The van der Waals surface area contributed by atoms with Crippen LogP contribution in [0.15, 0.2) is 12.1 Å². The zero-order valence-electron chi connectivity index (χ0n) is 15.4. The molecule has 8 nitrogen and oxygen atoms in total. The Kier molecular flexibility index (Phi) is 5.74. The van der Waals surface area contributed by atoms with E-state index in [1.165, 1.54) is 21.3 Å². The lowest BCUT2D eigenvalue weighted by atomic mass is 10.2. The number of ether oxygens (including phenoxy) is 3.